The Morgan fingerprint density at radius 1 is 1.12 bits per heavy atom. The van der Waals surface area contributed by atoms with E-state index in [1.165, 1.54) is 8.71 Å². The third kappa shape index (κ3) is 5.06. The summed E-state index contributed by atoms with van der Waals surface area (Å²) >= 11 is 0. The molecule has 1 N–H and O–H groups in total. The van der Waals surface area contributed by atoms with Gasteiger partial charge in [-0.1, -0.05) is 26.8 Å². The highest BCUT2D eigenvalue weighted by Crippen LogP contribution is 2.42. The van der Waals surface area contributed by atoms with E-state index < -0.39 is 27.9 Å². The summed E-state index contributed by atoms with van der Waals surface area (Å²) in [4.78, 5) is 9.46. The average molecular weight is 612 g/mol. The van der Waals surface area contributed by atoms with E-state index in [1.807, 2.05) is 32.0 Å². The Morgan fingerprint density at radius 2 is 1.86 bits per heavy atom. The summed E-state index contributed by atoms with van der Waals surface area (Å²) in [5.74, 6) is -0.528. The second-order valence-electron chi connectivity index (χ2n) is 12.7. The smallest absolute Gasteiger partial charge is 0.297 e. The molecule has 1 unspecified atom stereocenters. The highest BCUT2D eigenvalue weighted by Gasteiger charge is 2.48. The van der Waals surface area contributed by atoms with Gasteiger partial charge in [0.25, 0.3) is 6.43 Å². The van der Waals surface area contributed by atoms with Crippen LogP contribution in [0.2, 0.25) is 0 Å². The lowest BCUT2D eigenvalue weighted by molar-refractivity contribution is -0.00172. The van der Waals surface area contributed by atoms with E-state index in [4.69, 9.17) is 9.72 Å². The lowest BCUT2D eigenvalue weighted by Crippen LogP contribution is -2.67. The van der Waals surface area contributed by atoms with Crippen LogP contribution in [0.1, 0.15) is 72.6 Å². The van der Waals surface area contributed by atoms with Crippen molar-refractivity contribution in [3.8, 4) is 5.88 Å². The molecule has 10 nitrogen and oxygen atoms in total. The molecule has 1 spiro atoms. The van der Waals surface area contributed by atoms with Crippen LogP contribution in [0.4, 0.5) is 8.78 Å². The van der Waals surface area contributed by atoms with Crippen LogP contribution in [0.15, 0.2) is 41.6 Å². The van der Waals surface area contributed by atoms with Gasteiger partial charge >= 0.3 is 0 Å². The highest BCUT2D eigenvalue weighted by molar-refractivity contribution is 7.89. The largest absolute Gasteiger partial charge is 0.466 e. The Balaban J connectivity index is 1.42. The molecule has 0 bridgehead atoms. The Morgan fingerprint density at radius 3 is 2.51 bits per heavy atom. The van der Waals surface area contributed by atoms with Crippen LogP contribution < -0.4 is 10.1 Å². The summed E-state index contributed by atoms with van der Waals surface area (Å²) < 4.78 is 64.1. The molecule has 4 aromatic heterocycles. The van der Waals surface area contributed by atoms with E-state index in [0.717, 1.165) is 27.9 Å². The fourth-order valence-electron chi connectivity index (χ4n) is 6.02. The summed E-state index contributed by atoms with van der Waals surface area (Å²) in [6.07, 6.45) is 0.442. The Labute approximate surface area is 249 Å². The van der Waals surface area contributed by atoms with Crippen LogP contribution in [0.3, 0.4) is 0 Å². The summed E-state index contributed by atoms with van der Waals surface area (Å²) in [7, 11) is -3.95. The molecule has 1 fully saturated rings. The molecule has 6 heterocycles. The lowest BCUT2D eigenvalue weighted by Gasteiger charge is -2.42. The molecule has 43 heavy (non-hydrogen) atoms. The van der Waals surface area contributed by atoms with E-state index in [-0.39, 0.29) is 35.2 Å². The maximum atomic E-state index is 14.0. The number of halogens is 2. The van der Waals surface area contributed by atoms with Gasteiger partial charge in [0.05, 0.1) is 18.8 Å². The number of ether oxygens (including phenoxy) is 1. The van der Waals surface area contributed by atoms with Crippen molar-refractivity contribution < 1.29 is 21.9 Å². The predicted octanol–water partition coefficient (Wildman–Crippen LogP) is 4.49. The first-order chi connectivity index (χ1) is 20.2. The maximum Gasteiger partial charge on any atom is 0.297 e. The molecule has 0 saturated carbocycles. The number of alkyl halides is 2. The van der Waals surface area contributed by atoms with E-state index in [1.54, 1.807) is 25.4 Å². The van der Waals surface area contributed by atoms with Crippen LogP contribution in [0.25, 0.3) is 5.65 Å². The van der Waals surface area contributed by atoms with Gasteiger partial charge in [-0.25, -0.2) is 22.2 Å². The molecule has 1 saturated heterocycles. The number of pyridine rings is 3. The minimum atomic E-state index is -3.95. The van der Waals surface area contributed by atoms with Crippen molar-refractivity contribution in [2.45, 2.75) is 70.9 Å². The molecule has 13 heteroatoms. The number of hydrogen-bond acceptors (Lipinski definition) is 8. The van der Waals surface area contributed by atoms with Crippen molar-refractivity contribution >= 4 is 15.7 Å². The van der Waals surface area contributed by atoms with Crippen LogP contribution >= 0.6 is 0 Å². The topological polar surface area (TPSA) is 115 Å². The zero-order valence-electron chi connectivity index (χ0n) is 25.0. The number of nitrogens with one attached hydrogen (secondary N) is 1. The molecule has 228 valence electrons. The molecule has 4 aromatic rings. The van der Waals surface area contributed by atoms with Crippen molar-refractivity contribution in [1.82, 2.24) is 34.2 Å². The van der Waals surface area contributed by atoms with Gasteiger partial charge in [-0.05, 0) is 66.6 Å². The third-order valence-electron chi connectivity index (χ3n) is 8.36. The van der Waals surface area contributed by atoms with E-state index >= 15 is 0 Å². The lowest BCUT2D eigenvalue weighted by atomic mass is 9.73. The van der Waals surface area contributed by atoms with Crippen molar-refractivity contribution in [1.29, 1.82) is 0 Å². The van der Waals surface area contributed by atoms with Crippen molar-refractivity contribution in [3.63, 3.8) is 0 Å². The molecule has 0 radical (unpaired) electrons. The normalized spacial score (nSPS) is 18.7. The van der Waals surface area contributed by atoms with E-state index in [2.05, 4.69) is 41.3 Å². The second-order valence-corrected chi connectivity index (χ2v) is 14.6. The number of aromatic nitrogens is 5. The Bertz CT molecular complexity index is 1830. The van der Waals surface area contributed by atoms with Crippen LogP contribution in [0.5, 0.6) is 5.88 Å². The quantitative estimate of drug-likeness (QED) is 0.351. The van der Waals surface area contributed by atoms with E-state index in [9.17, 15) is 17.2 Å². The number of hydrogen-bond donors (Lipinski definition) is 1. The zero-order chi connectivity index (χ0) is 30.9. The number of fused-ring (bicyclic) bond motifs is 2. The minimum absolute atomic E-state index is 0.0529. The van der Waals surface area contributed by atoms with Crippen molar-refractivity contribution in [2.24, 2.45) is 5.41 Å². The number of sulfonamides is 1. The third-order valence-corrected chi connectivity index (χ3v) is 10.1. The molecule has 0 amide bonds. The standard InChI is InChI=1S/C30H35F2N7O3S/c1-17-11-23-28(34-12-17)42-30(14-33-15-30)16-38(43(23,40)41)13-22-18(2)7-8-21(35-22)24(29(4,5)6)20-9-10-39-26(19(20)3)36-37-27(39)25(31)32/h7-12,24-25,33H,13-16H2,1-6H3. The zero-order valence-corrected chi connectivity index (χ0v) is 25.8. The van der Waals surface area contributed by atoms with Gasteiger partial charge in [0.15, 0.2) is 5.65 Å². The van der Waals surface area contributed by atoms with Gasteiger partial charge in [0.2, 0.25) is 21.7 Å². The van der Waals surface area contributed by atoms with Crippen molar-refractivity contribution in [3.05, 3.63) is 76.1 Å². The fraction of sp³-hybridized carbons (Fsp3) is 0.467. The number of rotatable bonds is 5. The van der Waals surface area contributed by atoms with Crippen molar-refractivity contribution in [2.75, 3.05) is 19.6 Å². The molecule has 6 rings (SSSR count). The molecular formula is C30H35F2N7O3S. The van der Waals surface area contributed by atoms with Gasteiger partial charge in [0.1, 0.15) is 10.5 Å². The van der Waals surface area contributed by atoms with Crippen LogP contribution in [-0.2, 0) is 16.6 Å². The fourth-order valence-corrected chi connectivity index (χ4v) is 7.65. The van der Waals surface area contributed by atoms with E-state index in [0.29, 0.717) is 24.4 Å². The Hall–Kier alpha value is -3.55. The second kappa shape index (κ2) is 10.3. The van der Waals surface area contributed by atoms with Gasteiger partial charge < -0.3 is 10.1 Å². The maximum absolute atomic E-state index is 14.0. The molecule has 0 aromatic carbocycles. The van der Waals surface area contributed by atoms with Gasteiger partial charge in [-0.15, -0.1) is 10.2 Å². The molecule has 0 aliphatic carbocycles. The predicted molar refractivity (Wildman–Crippen MR) is 156 cm³/mol. The summed E-state index contributed by atoms with van der Waals surface area (Å²) in [5, 5.41) is 11.0. The van der Waals surface area contributed by atoms with Crippen LogP contribution in [-0.4, -0.2) is 62.5 Å². The first-order valence-corrected chi connectivity index (χ1v) is 15.6. The molecular weight excluding hydrogens is 576 g/mol. The monoisotopic (exact) mass is 611 g/mol. The molecule has 1 atom stereocenters. The summed E-state index contributed by atoms with van der Waals surface area (Å²) in [5.41, 5.74) is 3.89. The number of nitrogens with zero attached hydrogens (tertiary/aromatic N) is 6. The summed E-state index contributed by atoms with van der Waals surface area (Å²) in [6.45, 7) is 13.1. The van der Waals surface area contributed by atoms with Gasteiger partial charge in [0, 0.05) is 37.1 Å². The van der Waals surface area contributed by atoms with Gasteiger partial charge in [-0.2, -0.15) is 4.31 Å². The van der Waals surface area contributed by atoms with Gasteiger partial charge in [-0.3, -0.25) is 9.38 Å². The highest BCUT2D eigenvalue weighted by atomic mass is 32.2. The Kier molecular flexibility index (Phi) is 7.05. The number of aryl methyl sites for hydroxylation is 3. The summed E-state index contributed by atoms with van der Waals surface area (Å²) in [6, 6.07) is 7.33. The average Bonchev–Trinajstić information content (AvgIpc) is 3.32. The SMILES string of the molecule is Cc1cnc2c(c1)S(=O)(=O)N(Cc1nc(C(c3ccn4c(C(F)F)nnc4c3C)C(C)(C)C)ccc1C)CC1(CNC1)O2. The minimum Gasteiger partial charge on any atom is -0.466 e. The molecule has 2 aliphatic heterocycles. The molecule has 2 aliphatic rings. The van der Waals surface area contributed by atoms with Crippen LogP contribution in [0, 0.1) is 26.2 Å². The first-order valence-electron chi connectivity index (χ1n) is 14.2. The first kappa shape index (κ1) is 29.5.